The number of amides is 2. The number of carbonyl (C=O) groups excluding carboxylic acids is 2. The Bertz CT molecular complexity index is 1450. The fourth-order valence-electron chi connectivity index (χ4n) is 4.70. The van der Waals surface area contributed by atoms with Gasteiger partial charge in [-0.3, -0.25) is 19.1 Å². The van der Waals surface area contributed by atoms with Crippen LogP contribution in [-0.2, 0) is 9.59 Å². The van der Waals surface area contributed by atoms with Gasteiger partial charge in [-0.1, -0.05) is 16.8 Å². The average molecular weight is 535 g/mol. The summed E-state index contributed by atoms with van der Waals surface area (Å²) in [6, 6.07) is 7.48. The van der Waals surface area contributed by atoms with Gasteiger partial charge in [0.2, 0.25) is 11.8 Å². The van der Waals surface area contributed by atoms with Crippen LogP contribution in [0.25, 0.3) is 17.0 Å². The Morgan fingerprint density at radius 1 is 1.19 bits per heavy atom. The van der Waals surface area contributed by atoms with E-state index in [1.54, 1.807) is 24.3 Å². The number of hydrogen-bond acceptors (Lipinski definition) is 6. The summed E-state index contributed by atoms with van der Waals surface area (Å²) in [7, 11) is 0. The summed E-state index contributed by atoms with van der Waals surface area (Å²) < 4.78 is 49.5. The monoisotopic (exact) mass is 534 g/mol. The number of alkyl halides is 2. The van der Waals surface area contributed by atoms with E-state index in [1.807, 2.05) is 0 Å². The molecule has 1 aromatic heterocycles. The normalized spacial score (nSPS) is 19.1. The van der Waals surface area contributed by atoms with Crippen molar-refractivity contribution < 1.29 is 32.0 Å². The van der Waals surface area contributed by atoms with Gasteiger partial charge in [-0.05, 0) is 61.2 Å². The maximum Gasteiger partial charge on any atom is 0.439 e. The topological polar surface area (TPSA) is 118 Å². The van der Waals surface area contributed by atoms with Crippen molar-refractivity contribution in [2.24, 2.45) is 0 Å². The van der Waals surface area contributed by atoms with Crippen LogP contribution in [0.3, 0.4) is 0 Å². The molecule has 1 unspecified atom stereocenters. The number of hydrogen-bond donors (Lipinski definition) is 2. The van der Waals surface area contributed by atoms with Crippen molar-refractivity contribution in [1.29, 1.82) is 0 Å². The summed E-state index contributed by atoms with van der Waals surface area (Å²) in [5.74, 6) is -2.79. The van der Waals surface area contributed by atoms with Gasteiger partial charge in [0.15, 0.2) is 11.6 Å². The van der Waals surface area contributed by atoms with Crippen molar-refractivity contribution in [3.63, 3.8) is 0 Å². The van der Waals surface area contributed by atoms with Crippen molar-refractivity contribution in [3.05, 3.63) is 69.4 Å². The molecule has 0 spiro atoms. The Morgan fingerprint density at radius 3 is 2.62 bits per heavy atom. The Hall–Kier alpha value is -4.06. The summed E-state index contributed by atoms with van der Waals surface area (Å²) in [5, 5.41) is 6.06. The SMILES string of the molecule is O=C(Nc1ccc(-c2noc(=O)[nH]2)cc1)[C@@H]1CCC2CC(c3c(OC(F)F)ccc(Cl)c3F)=CC(=O)N21. The fraction of sp³-hybridized carbons (Fsp3) is 0.250. The van der Waals surface area contributed by atoms with E-state index in [1.165, 1.54) is 4.90 Å². The maximum absolute atomic E-state index is 14.8. The highest BCUT2D eigenvalue weighted by molar-refractivity contribution is 6.31. The lowest BCUT2D eigenvalue weighted by atomic mass is 9.93. The first-order chi connectivity index (χ1) is 17.7. The second-order valence-corrected chi connectivity index (χ2v) is 8.90. The summed E-state index contributed by atoms with van der Waals surface area (Å²) in [4.78, 5) is 41.0. The third-order valence-electron chi connectivity index (χ3n) is 6.27. The molecule has 1 fully saturated rings. The molecule has 2 atom stereocenters. The second-order valence-electron chi connectivity index (χ2n) is 8.49. The third-order valence-corrected chi connectivity index (χ3v) is 6.56. The highest BCUT2D eigenvalue weighted by Gasteiger charge is 2.43. The minimum atomic E-state index is -3.19. The maximum atomic E-state index is 14.8. The zero-order chi connectivity index (χ0) is 26.3. The molecule has 5 rings (SSSR count). The van der Waals surface area contributed by atoms with Gasteiger partial charge in [-0.2, -0.15) is 8.78 Å². The number of nitrogens with zero attached hydrogens (tertiary/aromatic N) is 2. The molecule has 2 N–H and O–H groups in total. The quantitative estimate of drug-likeness (QED) is 0.489. The van der Waals surface area contributed by atoms with Crippen LogP contribution in [0.1, 0.15) is 24.8 Å². The number of halogens is 4. The van der Waals surface area contributed by atoms with Crippen LogP contribution in [0.5, 0.6) is 5.75 Å². The molecule has 192 valence electrons. The van der Waals surface area contributed by atoms with E-state index in [2.05, 4.69) is 24.7 Å². The van der Waals surface area contributed by atoms with Crippen molar-refractivity contribution >= 4 is 34.7 Å². The van der Waals surface area contributed by atoms with Crippen LogP contribution >= 0.6 is 11.6 Å². The number of H-pyrrole nitrogens is 1. The molecule has 13 heteroatoms. The van der Waals surface area contributed by atoms with E-state index in [0.29, 0.717) is 24.1 Å². The van der Waals surface area contributed by atoms with Gasteiger partial charge in [0, 0.05) is 23.4 Å². The number of fused-ring (bicyclic) bond motifs is 1. The van der Waals surface area contributed by atoms with Gasteiger partial charge in [0.05, 0.1) is 10.6 Å². The summed E-state index contributed by atoms with van der Waals surface area (Å²) in [5.41, 5.74) is 0.905. The van der Waals surface area contributed by atoms with Gasteiger partial charge in [0.25, 0.3) is 0 Å². The van der Waals surface area contributed by atoms with E-state index < -0.39 is 47.8 Å². The lowest BCUT2D eigenvalue weighted by Crippen LogP contribution is -2.48. The molecular weight excluding hydrogens is 517 g/mol. The van der Waals surface area contributed by atoms with Gasteiger partial charge >= 0.3 is 12.4 Å². The summed E-state index contributed by atoms with van der Waals surface area (Å²) >= 11 is 5.86. The lowest BCUT2D eigenvalue weighted by molar-refractivity contribution is -0.135. The summed E-state index contributed by atoms with van der Waals surface area (Å²) in [6.07, 6.45) is 2.08. The molecule has 2 aromatic carbocycles. The molecule has 0 bridgehead atoms. The van der Waals surface area contributed by atoms with Crippen LogP contribution in [0.15, 0.2) is 51.8 Å². The minimum Gasteiger partial charge on any atom is -0.434 e. The number of aromatic nitrogens is 2. The predicted molar refractivity (Wildman–Crippen MR) is 125 cm³/mol. The van der Waals surface area contributed by atoms with E-state index >= 15 is 0 Å². The smallest absolute Gasteiger partial charge is 0.434 e. The Kier molecular flexibility index (Phi) is 6.50. The van der Waals surface area contributed by atoms with Crippen LogP contribution in [0.2, 0.25) is 5.02 Å². The highest BCUT2D eigenvalue weighted by Crippen LogP contribution is 2.41. The van der Waals surface area contributed by atoms with E-state index in [-0.39, 0.29) is 28.4 Å². The molecular formula is C24H18ClF3N4O5. The minimum absolute atomic E-state index is 0.136. The molecule has 3 aromatic rings. The highest BCUT2D eigenvalue weighted by atomic mass is 35.5. The van der Waals surface area contributed by atoms with Gasteiger partial charge in [0.1, 0.15) is 11.8 Å². The summed E-state index contributed by atoms with van der Waals surface area (Å²) in [6.45, 7) is -3.19. The molecule has 0 saturated carbocycles. The standard InChI is InChI=1S/C24H18ClF3N4O5/c25-15-6-8-17(36-23(27)28)19(20(15)26)12-9-14-5-7-16(32(14)18(33)10-12)22(34)29-13-3-1-11(2-4-13)21-30-24(35)37-31-21/h1-4,6,8,10,14,16,23H,5,7,9H2,(H,29,34)(H,30,31,35)/t14?,16-/m0/s1. The first-order valence-corrected chi connectivity index (χ1v) is 11.5. The predicted octanol–water partition coefficient (Wildman–Crippen LogP) is 4.21. The fourth-order valence-corrected chi connectivity index (χ4v) is 4.86. The largest absolute Gasteiger partial charge is 0.439 e. The number of aromatic amines is 1. The number of benzene rings is 2. The Balaban J connectivity index is 1.34. The molecule has 2 aliphatic heterocycles. The molecule has 37 heavy (non-hydrogen) atoms. The molecule has 2 amide bonds. The molecule has 0 radical (unpaired) electrons. The Labute approximate surface area is 211 Å². The van der Waals surface area contributed by atoms with E-state index in [0.717, 1.165) is 18.2 Å². The van der Waals surface area contributed by atoms with Crippen LogP contribution in [-0.4, -0.2) is 45.6 Å². The number of rotatable bonds is 6. The average Bonchev–Trinajstić information content (AvgIpc) is 3.48. The number of carbonyl (C=O) groups is 2. The molecule has 0 aliphatic carbocycles. The Morgan fingerprint density at radius 2 is 1.95 bits per heavy atom. The van der Waals surface area contributed by atoms with Crippen LogP contribution < -0.4 is 15.8 Å². The van der Waals surface area contributed by atoms with Gasteiger partial charge in [-0.25, -0.2) is 9.18 Å². The first-order valence-electron chi connectivity index (χ1n) is 11.1. The zero-order valence-corrected chi connectivity index (χ0v) is 19.6. The number of ether oxygens (including phenoxy) is 1. The molecule has 2 aliphatic rings. The first kappa shape index (κ1) is 24.6. The van der Waals surface area contributed by atoms with Crippen LogP contribution in [0, 0.1) is 5.82 Å². The second kappa shape index (κ2) is 9.77. The van der Waals surface area contributed by atoms with Crippen molar-refractivity contribution in [2.45, 2.75) is 38.0 Å². The van der Waals surface area contributed by atoms with Crippen molar-refractivity contribution in [1.82, 2.24) is 15.0 Å². The van der Waals surface area contributed by atoms with E-state index in [9.17, 15) is 27.6 Å². The molecule has 9 nitrogen and oxygen atoms in total. The van der Waals surface area contributed by atoms with Gasteiger partial charge < -0.3 is 15.0 Å². The van der Waals surface area contributed by atoms with Crippen molar-refractivity contribution in [3.8, 4) is 17.1 Å². The molecule has 3 heterocycles. The third kappa shape index (κ3) is 4.84. The number of nitrogens with one attached hydrogen (secondary N) is 2. The van der Waals surface area contributed by atoms with Crippen molar-refractivity contribution in [2.75, 3.05) is 5.32 Å². The van der Waals surface area contributed by atoms with Gasteiger partial charge in [-0.15, -0.1) is 0 Å². The van der Waals surface area contributed by atoms with Crippen LogP contribution in [0.4, 0.5) is 18.9 Å². The molecule has 1 saturated heterocycles. The number of anilines is 1. The van der Waals surface area contributed by atoms with E-state index in [4.69, 9.17) is 11.6 Å². The zero-order valence-electron chi connectivity index (χ0n) is 18.8. The lowest BCUT2D eigenvalue weighted by Gasteiger charge is -2.33.